The summed E-state index contributed by atoms with van der Waals surface area (Å²) in [6.45, 7) is 2.08. The molecule has 3 aromatic carbocycles. The molecule has 0 saturated heterocycles. The van der Waals surface area contributed by atoms with Crippen molar-refractivity contribution in [1.82, 2.24) is 19.4 Å². The number of hydrogen-bond acceptors (Lipinski definition) is 3. The van der Waals surface area contributed by atoms with Crippen molar-refractivity contribution in [3.8, 4) is 11.1 Å². The number of imidazole rings is 1. The lowest BCUT2D eigenvalue weighted by Gasteiger charge is -2.35. The van der Waals surface area contributed by atoms with Crippen LogP contribution in [0.15, 0.2) is 90.0 Å². The summed E-state index contributed by atoms with van der Waals surface area (Å²) in [4.78, 5) is 17.6. The molecule has 2 heterocycles. The maximum atomic E-state index is 12.8. The third-order valence-electron chi connectivity index (χ3n) is 6.83. The normalized spacial score (nSPS) is 13.2. The predicted octanol–water partition coefficient (Wildman–Crippen LogP) is 5.41. The van der Waals surface area contributed by atoms with Gasteiger partial charge < -0.3 is 14.5 Å². The Labute approximate surface area is 209 Å². The van der Waals surface area contributed by atoms with Crippen LogP contribution in [0.25, 0.3) is 22.0 Å². The molecule has 0 saturated carbocycles. The quantitative estimate of drug-likeness (QED) is 0.364. The summed E-state index contributed by atoms with van der Waals surface area (Å²) >= 11 is 6.32. The number of hydrogen-bond donors (Lipinski definition) is 1. The van der Waals surface area contributed by atoms with Crippen LogP contribution in [0.1, 0.15) is 22.5 Å². The first-order valence-corrected chi connectivity index (χ1v) is 11.9. The van der Waals surface area contributed by atoms with Crippen molar-refractivity contribution >= 4 is 22.5 Å². The first kappa shape index (κ1) is 23.1. The standard InChI is InChI=1S/C29H27ClN4O/c1-19-8-10-21(11-9-19)29(31-2,28-32-14-15-33(28)3)22-12-13-26-25(17-22)24(18-27(35)34(26)4)20-6-5-7-23(30)16-20/h5-18,31H,1-4H3. The summed E-state index contributed by atoms with van der Waals surface area (Å²) in [6, 6.07) is 24.1. The summed E-state index contributed by atoms with van der Waals surface area (Å²) in [6.07, 6.45) is 3.77. The second-order valence-corrected chi connectivity index (χ2v) is 9.36. The summed E-state index contributed by atoms with van der Waals surface area (Å²) in [5.74, 6) is 0.873. The van der Waals surface area contributed by atoms with E-state index in [9.17, 15) is 4.79 Å². The van der Waals surface area contributed by atoms with E-state index in [4.69, 9.17) is 16.6 Å². The molecule has 1 atom stereocenters. The molecule has 0 radical (unpaired) electrons. The van der Waals surface area contributed by atoms with Crippen LogP contribution < -0.4 is 10.9 Å². The SMILES string of the molecule is CNC(c1ccc(C)cc1)(c1ccc2c(c1)c(-c1cccc(Cl)c1)cc(=O)n2C)c1nccn1C. The number of halogens is 1. The third-order valence-corrected chi connectivity index (χ3v) is 7.07. The predicted molar refractivity (Wildman–Crippen MR) is 143 cm³/mol. The van der Waals surface area contributed by atoms with Gasteiger partial charge in [0.15, 0.2) is 0 Å². The number of rotatable bonds is 5. The molecule has 2 aromatic heterocycles. The summed E-state index contributed by atoms with van der Waals surface area (Å²) in [5, 5.41) is 5.19. The number of fused-ring (bicyclic) bond motifs is 1. The molecule has 0 aliphatic heterocycles. The van der Waals surface area contributed by atoms with Crippen molar-refractivity contribution in [3.63, 3.8) is 0 Å². The van der Waals surface area contributed by atoms with Crippen molar-refractivity contribution < 1.29 is 0 Å². The molecule has 0 aliphatic carbocycles. The highest BCUT2D eigenvalue weighted by Crippen LogP contribution is 2.38. The molecule has 35 heavy (non-hydrogen) atoms. The van der Waals surface area contributed by atoms with Crippen LogP contribution in [-0.4, -0.2) is 21.2 Å². The van der Waals surface area contributed by atoms with E-state index in [2.05, 4.69) is 48.6 Å². The average molecular weight is 483 g/mol. The Hall–Kier alpha value is -3.67. The van der Waals surface area contributed by atoms with Crippen molar-refractivity contribution in [1.29, 1.82) is 0 Å². The fraction of sp³-hybridized carbons (Fsp3) is 0.172. The monoisotopic (exact) mass is 482 g/mol. The highest BCUT2D eigenvalue weighted by Gasteiger charge is 2.38. The molecule has 176 valence electrons. The van der Waals surface area contributed by atoms with Crippen molar-refractivity contribution in [2.75, 3.05) is 7.05 Å². The van der Waals surface area contributed by atoms with Gasteiger partial charge in [-0.05, 0) is 60.5 Å². The Kier molecular flexibility index (Phi) is 5.83. The largest absolute Gasteiger partial charge is 0.336 e. The zero-order valence-corrected chi connectivity index (χ0v) is 21.0. The molecule has 5 nitrogen and oxygen atoms in total. The lowest BCUT2D eigenvalue weighted by atomic mass is 9.80. The Morgan fingerprint density at radius 3 is 2.34 bits per heavy atom. The fourth-order valence-corrected chi connectivity index (χ4v) is 5.14. The van der Waals surface area contributed by atoms with E-state index in [1.54, 1.807) is 17.7 Å². The van der Waals surface area contributed by atoms with Gasteiger partial charge in [0.25, 0.3) is 5.56 Å². The molecule has 0 amide bonds. The minimum absolute atomic E-state index is 0.0669. The van der Waals surface area contributed by atoms with E-state index in [0.717, 1.165) is 39.0 Å². The smallest absolute Gasteiger partial charge is 0.251 e. The molecule has 1 N–H and O–H groups in total. The lowest BCUT2D eigenvalue weighted by molar-refractivity contribution is 0.477. The first-order valence-electron chi connectivity index (χ1n) is 11.5. The Morgan fingerprint density at radius 1 is 0.943 bits per heavy atom. The van der Waals surface area contributed by atoms with Crippen LogP contribution >= 0.6 is 11.6 Å². The summed E-state index contributed by atoms with van der Waals surface area (Å²) in [5.41, 5.74) is 5.12. The van der Waals surface area contributed by atoms with Gasteiger partial charge in [-0.3, -0.25) is 4.79 Å². The van der Waals surface area contributed by atoms with E-state index < -0.39 is 5.54 Å². The zero-order chi connectivity index (χ0) is 24.7. The van der Waals surface area contributed by atoms with Crippen LogP contribution in [-0.2, 0) is 19.6 Å². The Balaban J connectivity index is 1.87. The van der Waals surface area contributed by atoms with Crippen LogP contribution in [0.2, 0.25) is 5.02 Å². The van der Waals surface area contributed by atoms with Crippen LogP contribution in [0, 0.1) is 6.92 Å². The highest BCUT2D eigenvalue weighted by molar-refractivity contribution is 6.30. The van der Waals surface area contributed by atoms with E-state index in [-0.39, 0.29) is 5.56 Å². The molecule has 0 bridgehead atoms. The number of aromatic nitrogens is 3. The van der Waals surface area contributed by atoms with E-state index in [1.165, 1.54) is 5.56 Å². The highest BCUT2D eigenvalue weighted by atomic mass is 35.5. The zero-order valence-electron chi connectivity index (χ0n) is 20.2. The summed E-state index contributed by atoms with van der Waals surface area (Å²) < 4.78 is 3.72. The maximum Gasteiger partial charge on any atom is 0.251 e. The molecule has 5 aromatic rings. The Bertz CT molecular complexity index is 1600. The third kappa shape index (κ3) is 3.77. The fourth-order valence-electron chi connectivity index (χ4n) is 4.94. The topological polar surface area (TPSA) is 51.9 Å². The van der Waals surface area contributed by atoms with Crippen molar-refractivity contribution in [2.45, 2.75) is 12.5 Å². The van der Waals surface area contributed by atoms with Crippen LogP contribution in [0.3, 0.4) is 0 Å². The Morgan fingerprint density at radius 2 is 1.69 bits per heavy atom. The van der Waals surface area contributed by atoms with Crippen LogP contribution in [0.4, 0.5) is 0 Å². The second-order valence-electron chi connectivity index (χ2n) is 8.93. The van der Waals surface area contributed by atoms with Gasteiger partial charge in [-0.2, -0.15) is 0 Å². The molecule has 6 heteroatoms. The molecule has 0 aliphatic rings. The lowest BCUT2D eigenvalue weighted by Crippen LogP contribution is -2.44. The van der Waals surface area contributed by atoms with E-state index in [0.29, 0.717) is 5.02 Å². The number of nitrogens with one attached hydrogen (secondary N) is 1. The number of aryl methyl sites for hydroxylation is 3. The van der Waals surface area contributed by atoms with Gasteiger partial charge in [-0.15, -0.1) is 0 Å². The minimum atomic E-state index is -0.708. The van der Waals surface area contributed by atoms with Gasteiger partial charge in [0.1, 0.15) is 11.4 Å². The van der Waals surface area contributed by atoms with Crippen LogP contribution in [0.5, 0.6) is 0 Å². The molecule has 0 fully saturated rings. The molecule has 1 unspecified atom stereocenters. The second kappa shape index (κ2) is 8.84. The molecule has 0 spiro atoms. The average Bonchev–Trinajstić information content (AvgIpc) is 3.29. The van der Waals surface area contributed by atoms with Crippen molar-refractivity contribution in [3.05, 3.63) is 123 Å². The first-order chi connectivity index (χ1) is 16.8. The molecule has 5 rings (SSSR count). The summed E-state index contributed by atoms with van der Waals surface area (Å²) in [7, 11) is 5.76. The van der Waals surface area contributed by atoms with Gasteiger partial charge in [-0.1, -0.05) is 59.6 Å². The van der Waals surface area contributed by atoms with Gasteiger partial charge in [0.05, 0.1) is 5.52 Å². The van der Waals surface area contributed by atoms with Gasteiger partial charge in [0.2, 0.25) is 0 Å². The number of pyridine rings is 1. The number of benzene rings is 3. The van der Waals surface area contributed by atoms with Gasteiger partial charge in [-0.25, -0.2) is 4.98 Å². The minimum Gasteiger partial charge on any atom is -0.336 e. The van der Waals surface area contributed by atoms with Gasteiger partial charge in [0, 0.05) is 43.0 Å². The van der Waals surface area contributed by atoms with Crippen molar-refractivity contribution in [2.24, 2.45) is 14.1 Å². The molecular formula is C29H27ClN4O. The molecular weight excluding hydrogens is 456 g/mol. The van der Waals surface area contributed by atoms with E-state index in [1.807, 2.05) is 61.4 Å². The van der Waals surface area contributed by atoms with E-state index >= 15 is 0 Å². The number of nitrogens with zero attached hydrogens (tertiary/aromatic N) is 3. The van der Waals surface area contributed by atoms with Gasteiger partial charge >= 0.3 is 0 Å². The maximum absolute atomic E-state index is 12.8.